The van der Waals surface area contributed by atoms with Crippen molar-refractivity contribution in [2.45, 2.75) is 39.4 Å². The Kier molecular flexibility index (Phi) is 7.25. The molecule has 3 aromatic rings. The van der Waals surface area contributed by atoms with E-state index in [1.807, 2.05) is 16.9 Å². The van der Waals surface area contributed by atoms with Gasteiger partial charge in [-0.15, -0.1) is 0 Å². The fourth-order valence-electron chi connectivity index (χ4n) is 4.63. The monoisotopic (exact) mass is 434 g/mol. The van der Waals surface area contributed by atoms with Crippen molar-refractivity contribution in [1.82, 2.24) is 19.6 Å². The van der Waals surface area contributed by atoms with Crippen LogP contribution in [0, 0.1) is 13.8 Å². The SMILES string of the molecule is COc1ccc(CN2CCN(Cc3ccc(-n4cccn4)cc3)CC2CCO)c(C)c1C. The minimum atomic E-state index is 0.216. The zero-order valence-corrected chi connectivity index (χ0v) is 19.4. The lowest BCUT2D eigenvalue weighted by molar-refractivity contribution is 0.0498. The lowest BCUT2D eigenvalue weighted by Crippen LogP contribution is -2.52. The maximum atomic E-state index is 9.70. The van der Waals surface area contributed by atoms with Crippen molar-refractivity contribution in [3.63, 3.8) is 0 Å². The average molecular weight is 435 g/mol. The minimum Gasteiger partial charge on any atom is -0.496 e. The van der Waals surface area contributed by atoms with Crippen molar-refractivity contribution < 1.29 is 9.84 Å². The molecule has 6 nitrogen and oxygen atoms in total. The van der Waals surface area contributed by atoms with Crippen LogP contribution >= 0.6 is 0 Å². The fraction of sp³-hybridized carbons (Fsp3) is 0.423. The van der Waals surface area contributed by atoms with Crippen LogP contribution in [-0.4, -0.2) is 64.1 Å². The quantitative estimate of drug-likeness (QED) is 0.588. The summed E-state index contributed by atoms with van der Waals surface area (Å²) in [6.07, 6.45) is 4.55. The maximum Gasteiger partial charge on any atom is 0.122 e. The molecule has 4 rings (SSSR count). The van der Waals surface area contributed by atoms with Crippen molar-refractivity contribution in [2.75, 3.05) is 33.4 Å². The van der Waals surface area contributed by atoms with Gasteiger partial charge in [-0.25, -0.2) is 4.68 Å². The zero-order valence-electron chi connectivity index (χ0n) is 19.4. The van der Waals surface area contributed by atoms with E-state index in [9.17, 15) is 5.11 Å². The molecule has 0 radical (unpaired) electrons. The van der Waals surface area contributed by atoms with Gasteiger partial charge in [0.05, 0.1) is 12.8 Å². The van der Waals surface area contributed by atoms with Crippen molar-refractivity contribution in [3.8, 4) is 11.4 Å². The van der Waals surface area contributed by atoms with Crippen molar-refractivity contribution in [1.29, 1.82) is 0 Å². The van der Waals surface area contributed by atoms with Crippen LogP contribution < -0.4 is 4.74 Å². The van der Waals surface area contributed by atoms with Crippen molar-refractivity contribution in [2.24, 2.45) is 0 Å². The highest BCUT2D eigenvalue weighted by atomic mass is 16.5. The molecule has 1 aromatic heterocycles. The molecular formula is C26H34N4O2. The van der Waals surface area contributed by atoms with Gasteiger partial charge in [-0.1, -0.05) is 18.2 Å². The zero-order chi connectivity index (χ0) is 22.5. The van der Waals surface area contributed by atoms with Crippen LogP contribution in [0.4, 0.5) is 0 Å². The molecular weight excluding hydrogens is 400 g/mol. The second-order valence-electron chi connectivity index (χ2n) is 8.67. The van der Waals surface area contributed by atoms with Gasteiger partial charge in [-0.3, -0.25) is 9.80 Å². The molecule has 1 unspecified atom stereocenters. The van der Waals surface area contributed by atoms with Crippen LogP contribution in [-0.2, 0) is 13.1 Å². The van der Waals surface area contributed by atoms with Crippen LogP contribution in [0.15, 0.2) is 54.9 Å². The van der Waals surface area contributed by atoms with Gasteiger partial charge in [-0.05, 0) is 66.8 Å². The van der Waals surface area contributed by atoms with Crippen LogP contribution in [0.3, 0.4) is 0 Å². The summed E-state index contributed by atoms with van der Waals surface area (Å²) in [5.74, 6) is 0.946. The summed E-state index contributed by atoms with van der Waals surface area (Å²) in [5, 5.41) is 14.0. The number of aliphatic hydroxyl groups is 1. The summed E-state index contributed by atoms with van der Waals surface area (Å²) >= 11 is 0. The number of ether oxygens (including phenoxy) is 1. The topological polar surface area (TPSA) is 53.8 Å². The van der Waals surface area contributed by atoms with Crippen LogP contribution in [0.5, 0.6) is 5.75 Å². The number of hydrogen-bond acceptors (Lipinski definition) is 5. The molecule has 0 amide bonds. The third-order valence-corrected chi connectivity index (χ3v) is 6.71. The molecule has 0 saturated carbocycles. The molecule has 1 fully saturated rings. The second kappa shape index (κ2) is 10.3. The standard InChI is InChI=1S/C26H34N4O2/c1-20-21(2)26(32-3)10-7-23(20)18-29-15-14-28(19-25(29)11-16-31)17-22-5-8-24(9-6-22)30-13-4-12-27-30/h4-10,12-13,25,31H,11,14-19H2,1-3H3. The van der Waals surface area contributed by atoms with E-state index in [4.69, 9.17) is 4.74 Å². The van der Waals surface area contributed by atoms with E-state index in [-0.39, 0.29) is 6.61 Å². The fourth-order valence-corrected chi connectivity index (χ4v) is 4.63. The predicted molar refractivity (Wildman–Crippen MR) is 127 cm³/mol. The molecule has 1 aliphatic heterocycles. The Bertz CT molecular complexity index is 1000. The van der Waals surface area contributed by atoms with Crippen LogP contribution in [0.2, 0.25) is 0 Å². The van der Waals surface area contributed by atoms with Gasteiger partial charge >= 0.3 is 0 Å². The van der Waals surface area contributed by atoms with Crippen molar-refractivity contribution >= 4 is 0 Å². The summed E-state index contributed by atoms with van der Waals surface area (Å²) < 4.78 is 7.35. The van der Waals surface area contributed by atoms with E-state index in [1.165, 1.54) is 22.3 Å². The predicted octanol–water partition coefficient (Wildman–Crippen LogP) is 3.57. The molecule has 0 bridgehead atoms. The molecule has 1 aliphatic rings. The number of benzene rings is 2. The first-order valence-corrected chi connectivity index (χ1v) is 11.4. The molecule has 2 aromatic carbocycles. The Morgan fingerprint density at radius 3 is 2.53 bits per heavy atom. The smallest absolute Gasteiger partial charge is 0.122 e. The highest BCUT2D eigenvalue weighted by molar-refractivity contribution is 5.43. The summed E-state index contributed by atoms with van der Waals surface area (Å²) in [6, 6.07) is 15.2. The third kappa shape index (κ3) is 5.04. The van der Waals surface area contributed by atoms with Crippen LogP contribution in [0.1, 0.15) is 28.7 Å². The summed E-state index contributed by atoms with van der Waals surface area (Å²) in [4.78, 5) is 5.04. The number of rotatable bonds is 8. The summed E-state index contributed by atoms with van der Waals surface area (Å²) in [7, 11) is 1.73. The number of aromatic nitrogens is 2. The number of hydrogen-bond donors (Lipinski definition) is 1. The number of aliphatic hydroxyl groups excluding tert-OH is 1. The molecule has 1 N–H and O–H groups in total. The van der Waals surface area contributed by atoms with Gasteiger partial charge in [0, 0.05) is 57.8 Å². The first-order chi connectivity index (χ1) is 15.6. The Balaban J connectivity index is 1.40. The van der Waals surface area contributed by atoms with Gasteiger partial charge in [0.25, 0.3) is 0 Å². The van der Waals surface area contributed by atoms with E-state index in [0.29, 0.717) is 6.04 Å². The number of nitrogens with zero attached hydrogens (tertiary/aromatic N) is 4. The molecule has 6 heteroatoms. The Labute approximate surface area is 191 Å². The van der Waals surface area contributed by atoms with Crippen LogP contribution in [0.25, 0.3) is 5.69 Å². The highest BCUT2D eigenvalue weighted by Gasteiger charge is 2.27. The van der Waals surface area contributed by atoms with E-state index >= 15 is 0 Å². The maximum absolute atomic E-state index is 9.70. The van der Waals surface area contributed by atoms with E-state index in [0.717, 1.165) is 50.6 Å². The second-order valence-corrected chi connectivity index (χ2v) is 8.67. The van der Waals surface area contributed by atoms with Gasteiger partial charge in [0.15, 0.2) is 0 Å². The Hall–Kier alpha value is -2.67. The van der Waals surface area contributed by atoms with Gasteiger partial charge in [0.1, 0.15) is 5.75 Å². The highest BCUT2D eigenvalue weighted by Crippen LogP contribution is 2.26. The lowest BCUT2D eigenvalue weighted by atomic mass is 10.00. The molecule has 1 atom stereocenters. The summed E-state index contributed by atoms with van der Waals surface area (Å²) in [6.45, 7) is 9.35. The van der Waals surface area contributed by atoms with E-state index in [2.05, 4.69) is 65.1 Å². The molecule has 170 valence electrons. The third-order valence-electron chi connectivity index (χ3n) is 6.71. The van der Waals surface area contributed by atoms with Gasteiger partial charge in [0.2, 0.25) is 0 Å². The van der Waals surface area contributed by atoms with Crippen molar-refractivity contribution in [3.05, 3.63) is 77.1 Å². The van der Waals surface area contributed by atoms with Gasteiger partial charge in [-0.2, -0.15) is 5.10 Å². The Morgan fingerprint density at radius 1 is 1.03 bits per heavy atom. The largest absolute Gasteiger partial charge is 0.496 e. The average Bonchev–Trinajstić information content (AvgIpc) is 3.34. The minimum absolute atomic E-state index is 0.216. The lowest BCUT2D eigenvalue weighted by Gasteiger charge is -2.41. The normalized spacial score (nSPS) is 17.6. The first kappa shape index (κ1) is 22.5. The molecule has 1 saturated heterocycles. The molecule has 0 aliphatic carbocycles. The number of piperazine rings is 1. The van der Waals surface area contributed by atoms with Gasteiger partial charge < -0.3 is 9.84 Å². The summed E-state index contributed by atoms with van der Waals surface area (Å²) in [5.41, 5.74) is 6.23. The van der Waals surface area contributed by atoms with E-state index < -0.39 is 0 Å². The molecule has 32 heavy (non-hydrogen) atoms. The first-order valence-electron chi connectivity index (χ1n) is 11.4. The Morgan fingerprint density at radius 2 is 1.84 bits per heavy atom. The molecule has 2 heterocycles. The van der Waals surface area contributed by atoms with E-state index in [1.54, 1.807) is 13.3 Å². The number of methoxy groups -OCH3 is 1. The molecule has 0 spiro atoms.